The third-order valence-corrected chi connectivity index (χ3v) is 1.96. The molecule has 11 heavy (non-hydrogen) atoms. The van der Waals surface area contributed by atoms with Gasteiger partial charge < -0.3 is 0 Å². The van der Waals surface area contributed by atoms with E-state index in [4.69, 9.17) is 12.2 Å². The maximum atomic E-state index is 4.99. The van der Waals surface area contributed by atoms with E-state index in [0.29, 0.717) is 0 Å². The van der Waals surface area contributed by atoms with Crippen LogP contribution in [0.5, 0.6) is 0 Å². The van der Waals surface area contributed by atoms with Crippen LogP contribution in [0.25, 0.3) is 0 Å². The first-order valence-corrected chi connectivity index (χ1v) is 4.41. The number of hydrogen-bond acceptors (Lipinski definition) is 1. The Hall–Kier alpha value is -0.570. The fraction of sp³-hybridized carbons (Fsp3) is 0.625. The van der Waals surface area contributed by atoms with Crippen LogP contribution in [-0.2, 0) is 6.54 Å². The van der Waals surface area contributed by atoms with Crippen molar-refractivity contribution in [3.8, 4) is 0 Å². The van der Waals surface area contributed by atoms with Crippen LogP contribution in [0.2, 0.25) is 0 Å². The molecule has 0 aliphatic rings. The Bertz CT molecular complexity index is 272. The topological polar surface area (TPSA) is 20.7 Å². The zero-order chi connectivity index (χ0) is 8.27. The number of H-pyrrole nitrogens is 1. The Balaban J connectivity index is 2.69. The lowest BCUT2D eigenvalue weighted by molar-refractivity contribution is 0.557. The Kier molecular flexibility index (Phi) is 2.88. The Morgan fingerprint density at radius 2 is 2.36 bits per heavy atom. The molecule has 0 amide bonds. The van der Waals surface area contributed by atoms with Gasteiger partial charge in [0.2, 0.25) is 0 Å². The lowest BCUT2D eigenvalue weighted by Gasteiger charge is -2.02. The first-order valence-electron chi connectivity index (χ1n) is 4.00. The summed E-state index contributed by atoms with van der Waals surface area (Å²) in [4.78, 5) is 0. The van der Waals surface area contributed by atoms with Gasteiger partial charge in [0.25, 0.3) is 0 Å². The molecule has 0 spiro atoms. The van der Waals surface area contributed by atoms with Crippen LogP contribution in [0, 0.1) is 11.6 Å². The molecule has 1 heterocycles. The fourth-order valence-electron chi connectivity index (χ4n) is 1.07. The fourth-order valence-corrected chi connectivity index (χ4v) is 1.35. The van der Waals surface area contributed by atoms with Crippen LogP contribution >= 0.6 is 12.2 Å². The first-order chi connectivity index (χ1) is 5.24. The molecule has 0 radical (unpaired) electrons. The second kappa shape index (κ2) is 3.72. The van der Waals surface area contributed by atoms with Crippen molar-refractivity contribution in [2.24, 2.45) is 0 Å². The normalized spacial score (nSPS) is 10.4. The van der Waals surface area contributed by atoms with Crippen LogP contribution in [-0.4, -0.2) is 9.78 Å². The monoisotopic (exact) mass is 170 g/mol. The molecule has 1 rings (SSSR count). The predicted molar refractivity (Wildman–Crippen MR) is 49.3 cm³/mol. The molecular weight excluding hydrogens is 156 g/mol. The van der Waals surface area contributed by atoms with Gasteiger partial charge in [-0.2, -0.15) is 0 Å². The van der Waals surface area contributed by atoms with Crippen LogP contribution in [0.4, 0.5) is 0 Å². The highest BCUT2D eigenvalue weighted by Gasteiger charge is 1.94. The van der Waals surface area contributed by atoms with E-state index in [1.54, 1.807) is 0 Å². The summed E-state index contributed by atoms with van der Waals surface area (Å²) >= 11 is 4.99. The van der Waals surface area contributed by atoms with E-state index in [9.17, 15) is 0 Å². The Morgan fingerprint density at radius 1 is 1.64 bits per heavy atom. The Morgan fingerprint density at radius 3 is 2.82 bits per heavy atom. The van der Waals surface area contributed by atoms with Crippen molar-refractivity contribution in [1.82, 2.24) is 9.78 Å². The van der Waals surface area contributed by atoms with Crippen molar-refractivity contribution >= 4 is 12.2 Å². The van der Waals surface area contributed by atoms with E-state index in [2.05, 4.69) is 23.6 Å². The van der Waals surface area contributed by atoms with Gasteiger partial charge in [-0.1, -0.05) is 25.6 Å². The lowest BCUT2D eigenvalue weighted by Crippen LogP contribution is -2.01. The number of rotatable bonds is 3. The summed E-state index contributed by atoms with van der Waals surface area (Å²) in [6.07, 6.45) is 2.43. The maximum Gasteiger partial charge on any atom is 0.119 e. The number of hydrogen-bond donors (Lipinski definition) is 1. The average Bonchev–Trinajstić information content (AvgIpc) is 2.26. The average molecular weight is 170 g/mol. The molecule has 62 valence electrons. The van der Waals surface area contributed by atoms with Gasteiger partial charge in [0.05, 0.1) is 0 Å². The van der Waals surface area contributed by atoms with Gasteiger partial charge in [-0.15, -0.1) is 0 Å². The summed E-state index contributed by atoms with van der Waals surface area (Å²) in [5.74, 6) is 0. The van der Waals surface area contributed by atoms with Crippen molar-refractivity contribution in [2.45, 2.75) is 33.2 Å². The van der Waals surface area contributed by atoms with E-state index in [1.165, 1.54) is 18.5 Å². The molecule has 0 saturated heterocycles. The quantitative estimate of drug-likeness (QED) is 0.692. The molecule has 0 aliphatic carbocycles. The summed E-state index contributed by atoms with van der Waals surface area (Å²) in [5, 5.41) is 3.11. The van der Waals surface area contributed by atoms with Crippen LogP contribution in [0.3, 0.4) is 0 Å². The minimum atomic E-state index is 0.832. The summed E-state index contributed by atoms with van der Waals surface area (Å²) < 4.78 is 2.94. The number of nitrogens with zero attached hydrogens (tertiary/aromatic N) is 1. The largest absolute Gasteiger partial charge is 0.291 e. The van der Waals surface area contributed by atoms with Crippen LogP contribution in [0.15, 0.2) is 6.07 Å². The zero-order valence-corrected chi connectivity index (χ0v) is 7.87. The number of nitrogens with one attached hydrogen (secondary N) is 1. The highest BCUT2D eigenvalue weighted by atomic mass is 32.1. The van der Waals surface area contributed by atoms with E-state index in [-0.39, 0.29) is 0 Å². The second-order valence-electron chi connectivity index (χ2n) is 2.77. The van der Waals surface area contributed by atoms with E-state index < -0.39 is 0 Å². The molecule has 3 heteroatoms. The molecule has 0 aliphatic heterocycles. The molecule has 2 nitrogen and oxygen atoms in total. The van der Waals surface area contributed by atoms with E-state index in [1.807, 2.05) is 6.07 Å². The summed E-state index contributed by atoms with van der Waals surface area (Å²) in [7, 11) is 0. The summed E-state index contributed by atoms with van der Waals surface area (Å²) in [6.45, 7) is 5.31. The third-order valence-electron chi connectivity index (χ3n) is 1.75. The molecule has 0 aromatic carbocycles. The highest BCUT2D eigenvalue weighted by molar-refractivity contribution is 7.71. The van der Waals surface area contributed by atoms with Gasteiger partial charge in [0.15, 0.2) is 0 Å². The number of aryl methyl sites for hydroxylation is 2. The van der Waals surface area contributed by atoms with Crippen molar-refractivity contribution < 1.29 is 0 Å². The SMILES string of the molecule is CCCCn1[nH]c(=S)cc1C. The minimum absolute atomic E-state index is 0.832. The molecule has 0 unspecified atom stereocenters. The van der Waals surface area contributed by atoms with Gasteiger partial charge >= 0.3 is 0 Å². The van der Waals surface area contributed by atoms with Gasteiger partial charge in [-0.3, -0.25) is 9.78 Å². The smallest absolute Gasteiger partial charge is 0.119 e. The molecule has 1 N–H and O–H groups in total. The van der Waals surface area contributed by atoms with Crippen LogP contribution < -0.4 is 0 Å². The maximum absolute atomic E-state index is 4.99. The van der Waals surface area contributed by atoms with Gasteiger partial charge in [0.1, 0.15) is 4.64 Å². The summed E-state index contributed by atoms with van der Waals surface area (Å²) in [5.41, 5.74) is 1.23. The summed E-state index contributed by atoms with van der Waals surface area (Å²) in [6, 6.07) is 1.99. The van der Waals surface area contributed by atoms with Crippen molar-refractivity contribution in [2.75, 3.05) is 0 Å². The number of aromatic amines is 1. The molecular formula is C8H14N2S. The second-order valence-corrected chi connectivity index (χ2v) is 3.21. The van der Waals surface area contributed by atoms with Gasteiger partial charge in [-0.25, -0.2) is 0 Å². The third kappa shape index (κ3) is 2.19. The molecule has 1 aromatic heterocycles. The zero-order valence-electron chi connectivity index (χ0n) is 7.05. The molecule has 0 fully saturated rings. The minimum Gasteiger partial charge on any atom is -0.291 e. The Labute approximate surface area is 72.2 Å². The first kappa shape index (κ1) is 8.53. The number of unbranched alkanes of at least 4 members (excludes halogenated alkanes) is 1. The lowest BCUT2D eigenvalue weighted by atomic mass is 10.3. The standard InChI is InChI=1S/C8H14N2S/c1-3-4-5-10-7(2)6-8(11)9-10/h6H,3-5H2,1-2H3,(H,9,11). The van der Waals surface area contributed by atoms with E-state index >= 15 is 0 Å². The van der Waals surface area contributed by atoms with Crippen molar-refractivity contribution in [3.05, 3.63) is 16.4 Å². The van der Waals surface area contributed by atoms with Crippen LogP contribution in [0.1, 0.15) is 25.5 Å². The van der Waals surface area contributed by atoms with Gasteiger partial charge in [-0.05, 0) is 19.4 Å². The van der Waals surface area contributed by atoms with E-state index in [0.717, 1.165) is 11.2 Å². The highest BCUT2D eigenvalue weighted by Crippen LogP contribution is 2.00. The predicted octanol–water partition coefficient (Wildman–Crippen LogP) is 2.65. The van der Waals surface area contributed by atoms with Crippen molar-refractivity contribution in [3.63, 3.8) is 0 Å². The molecule has 0 bridgehead atoms. The van der Waals surface area contributed by atoms with Gasteiger partial charge in [0, 0.05) is 12.2 Å². The molecule has 0 atom stereocenters. The van der Waals surface area contributed by atoms with Crippen molar-refractivity contribution in [1.29, 1.82) is 0 Å². The molecule has 1 aromatic rings. The molecule has 0 saturated carbocycles. The number of aromatic nitrogens is 2.